The summed E-state index contributed by atoms with van der Waals surface area (Å²) >= 11 is 6.02. The second kappa shape index (κ2) is 9.40. The van der Waals surface area contributed by atoms with Gasteiger partial charge in [0, 0.05) is 22.8 Å². The maximum absolute atomic E-state index is 13.1. The molecule has 0 aliphatic carbocycles. The topological polar surface area (TPSA) is 71.3 Å². The number of hydrogen-bond donors (Lipinski definition) is 1. The van der Waals surface area contributed by atoms with Crippen LogP contribution >= 0.6 is 11.6 Å². The van der Waals surface area contributed by atoms with E-state index in [0.29, 0.717) is 29.2 Å². The van der Waals surface area contributed by atoms with Crippen molar-refractivity contribution in [2.24, 2.45) is 5.92 Å². The first-order valence-corrected chi connectivity index (χ1v) is 11.6. The first-order valence-electron chi connectivity index (χ1n) is 11.2. The third kappa shape index (κ3) is 4.81. The van der Waals surface area contributed by atoms with Gasteiger partial charge in [0.2, 0.25) is 5.82 Å². The minimum atomic E-state index is -0.384. The van der Waals surface area contributed by atoms with E-state index >= 15 is 0 Å². The van der Waals surface area contributed by atoms with E-state index in [9.17, 15) is 4.79 Å². The zero-order valence-electron chi connectivity index (χ0n) is 19.6. The van der Waals surface area contributed by atoms with E-state index in [1.54, 1.807) is 17.0 Å². The molecule has 172 valence electrons. The van der Waals surface area contributed by atoms with Crippen molar-refractivity contribution in [3.63, 3.8) is 0 Å². The van der Waals surface area contributed by atoms with Crippen molar-refractivity contribution in [1.29, 1.82) is 0 Å². The summed E-state index contributed by atoms with van der Waals surface area (Å²) in [6.45, 7) is 11.0. The molecule has 1 N–H and O–H groups in total. The molecule has 1 atom stereocenters. The van der Waals surface area contributed by atoms with Crippen molar-refractivity contribution in [3.05, 3.63) is 75.8 Å². The minimum Gasteiger partial charge on any atom is -0.334 e. The average Bonchev–Trinajstić information content (AvgIpc) is 3.25. The van der Waals surface area contributed by atoms with Crippen LogP contribution in [-0.4, -0.2) is 27.6 Å². The number of nitrogens with one attached hydrogen (secondary N) is 1. The molecule has 2 aromatic carbocycles. The molecule has 6 nitrogen and oxygen atoms in total. The lowest BCUT2D eigenvalue weighted by Gasteiger charge is -2.35. The number of hydrogen-bond acceptors (Lipinski definition) is 4. The molecule has 0 radical (unpaired) electrons. The van der Waals surface area contributed by atoms with Gasteiger partial charge in [-0.3, -0.25) is 4.90 Å². The zero-order valence-corrected chi connectivity index (χ0v) is 20.4. The van der Waals surface area contributed by atoms with E-state index in [4.69, 9.17) is 21.1 Å². The summed E-state index contributed by atoms with van der Waals surface area (Å²) in [4.78, 5) is 19.6. The van der Waals surface area contributed by atoms with Crippen LogP contribution in [0.25, 0.3) is 17.0 Å². The molecular formula is C26H29ClN4O2. The Bertz CT molecular complexity index is 1200. The molecule has 0 spiro atoms. The van der Waals surface area contributed by atoms with Crippen LogP contribution in [0, 0.1) is 19.8 Å². The van der Waals surface area contributed by atoms with Gasteiger partial charge in [0.25, 0.3) is 5.89 Å². The van der Waals surface area contributed by atoms with E-state index < -0.39 is 0 Å². The quantitative estimate of drug-likeness (QED) is 0.449. The minimum absolute atomic E-state index is 0.113. The van der Waals surface area contributed by atoms with Gasteiger partial charge in [0.05, 0.1) is 11.6 Å². The highest BCUT2D eigenvalue weighted by molar-refractivity contribution is 6.30. The molecule has 4 rings (SSSR count). The highest BCUT2D eigenvalue weighted by Crippen LogP contribution is 2.38. The predicted molar refractivity (Wildman–Crippen MR) is 131 cm³/mol. The molecule has 1 unspecified atom stereocenters. The number of allylic oxidation sites excluding steroid dienone is 1. The average molecular weight is 465 g/mol. The van der Waals surface area contributed by atoms with Crippen LogP contribution in [0.1, 0.15) is 55.8 Å². The molecule has 0 saturated heterocycles. The molecule has 0 bridgehead atoms. The van der Waals surface area contributed by atoms with Gasteiger partial charge >= 0.3 is 6.03 Å². The Hall–Kier alpha value is -3.12. The fraction of sp³-hybridized carbons (Fsp3) is 0.346. The molecule has 2 heterocycles. The number of aromatic nitrogens is 2. The summed E-state index contributed by atoms with van der Waals surface area (Å²) in [5, 5.41) is 8.03. The van der Waals surface area contributed by atoms with Crippen molar-refractivity contribution < 1.29 is 9.32 Å². The van der Waals surface area contributed by atoms with E-state index in [2.05, 4.69) is 50.3 Å². The molecule has 0 fully saturated rings. The van der Waals surface area contributed by atoms with Gasteiger partial charge < -0.3 is 9.84 Å². The van der Waals surface area contributed by atoms with Crippen LogP contribution in [0.5, 0.6) is 0 Å². The lowest BCUT2D eigenvalue weighted by atomic mass is 9.92. The Kier molecular flexibility index (Phi) is 6.56. The maximum Gasteiger partial charge on any atom is 0.322 e. The molecule has 1 aliphatic heterocycles. The second-order valence-corrected chi connectivity index (χ2v) is 9.43. The summed E-state index contributed by atoms with van der Waals surface area (Å²) in [6.07, 6.45) is 0.895. The number of amides is 2. The first kappa shape index (κ1) is 23.1. The fourth-order valence-electron chi connectivity index (χ4n) is 3.96. The van der Waals surface area contributed by atoms with Gasteiger partial charge in [-0.05, 0) is 74.1 Å². The third-order valence-electron chi connectivity index (χ3n) is 6.15. The summed E-state index contributed by atoms with van der Waals surface area (Å²) in [5.41, 5.74) is 5.79. The van der Waals surface area contributed by atoms with Crippen molar-refractivity contribution in [1.82, 2.24) is 20.4 Å². The van der Waals surface area contributed by atoms with Crippen molar-refractivity contribution >= 4 is 23.2 Å². The number of nitrogens with zero attached hydrogens (tertiary/aromatic N) is 3. The lowest BCUT2D eigenvalue weighted by molar-refractivity contribution is 0.202. The highest BCUT2D eigenvalue weighted by Gasteiger charge is 2.35. The number of carbonyl (C=O) groups is 1. The van der Waals surface area contributed by atoms with Gasteiger partial charge in [0.1, 0.15) is 0 Å². The number of urea groups is 1. The Balaban J connectivity index is 1.80. The normalized spacial score (nSPS) is 16.5. The van der Waals surface area contributed by atoms with Gasteiger partial charge in [0.15, 0.2) is 0 Å². The standard InChI is InChI=1S/C26H29ClN4O2/c1-15(2)12-13-31-18(5)22(23(28-26(31)32)20-7-6-16(3)17(4)14-20)25-29-24(30-33-25)19-8-10-21(27)11-9-19/h6-11,14-15,23H,12-13H2,1-5H3,(H,28,32). The Morgan fingerprint density at radius 1 is 1.09 bits per heavy atom. The van der Waals surface area contributed by atoms with Crippen LogP contribution in [0.2, 0.25) is 5.02 Å². The van der Waals surface area contributed by atoms with Crippen molar-refractivity contribution in [2.45, 2.75) is 47.1 Å². The third-order valence-corrected chi connectivity index (χ3v) is 6.40. The molecule has 2 amide bonds. The van der Waals surface area contributed by atoms with E-state index in [0.717, 1.165) is 34.4 Å². The van der Waals surface area contributed by atoms with E-state index in [-0.39, 0.29) is 12.1 Å². The van der Waals surface area contributed by atoms with Crippen LogP contribution in [0.4, 0.5) is 4.79 Å². The molecular weight excluding hydrogens is 436 g/mol. The summed E-state index contributed by atoms with van der Waals surface area (Å²) in [6, 6.07) is 13.0. The Morgan fingerprint density at radius 3 is 2.48 bits per heavy atom. The van der Waals surface area contributed by atoms with E-state index in [1.807, 2.05) is 25.1 Å². The van der Waals surface area contributed by atoms with Gasteiger partial charge in [-0.25, -0.2) is 4.79 Å². The number of rotatable bonds is 6. The van der Waals surface area contributed by atoms with Gasteiger partial charge in [-0.1, -0.05) is 48.8 Å². The summed E-state index contributed by atoms with van der Waals surface area (Å²) < 4.78 is 5.74. The predicted octanol–water partition coefficient (Wildman–Crippen LogP) is 6.55. The number of carbonyl (C=O) groups excluding carboxylic acids is 1. The zero-order chi connectivity index (χ0) is 23.7. The molecule has 1 aromatic heterocycles. The molecule has 33 heavy (non-hydrogen) atoms. The molecule has 0 saturated carbocycles. The smallest absolute Gasteiger partial charge is 0.322 e. The lowest BCUT2D eigenvalue weighted by Crippen LogP contribution is -2.46. The van der Waals surface area contributed by atoms with Crippen LogP contribution in [0.3, 0.4) is 0 Å². The fourth-order valence-corrected chi connectivity index (χ4v) is 4.08. The number of halogens is 1. The Labute approximate surface area is 199 Å². The van der Waals surface area contributed by atoms with Crippen LogP contribution in [-0.2, 0) is 0 Å². The highest BCUT2D eigenvalue weighted by atomic mass is 35.5. The van der Waals surface area contributed by atoms with Gasteiger partial charge in [-0.2, -0.15) is 4.98 Å². The van der Waals surface area contributed by atoms with Gasteiger partial charge in [-0.15, -0.1) is 0 Å². The first-order chi connectivity index (χ1) is 15.7. The summed E-state index contributed by atoms with van der Waals surface area (Å²) in [5.74, 6) is 1.35. The van der Waals surface area contributed by atoms with Crippen molar-refractivity contribution in [2.75, 3.05) is 6.54 Å². The van der Waals surface area contributed by atoms with E-state index in [1.165, 1.54) is 5.56 Å². The SMILES string of the molecule is CC1=C(c2nc(-c3ccc(Cl)cc3)no2)C(c2ccc(C)c(C)c2)NC(=O)N1CCC(C)C. The monoisotopic (exact) mass is 464 g/mol. The molecule has 1 aliphatic rings. The van der Waals surface area contributed by atoms with Crippen LogP contribution < -0.4 is 5.32 Å². The number of benzene rings is 2. The number of aryl methyl sites for hydroxylation is 2. The second-order valence-electron chi connectivity index (χ2n) is 8.99. The van der Waals surface area contributed by atoms with Crippen LogP contribution in [0.15, 0.2) is 52.7 Å². The largest absolute Gasteiger partial charge is 0.334 e. The Morgan fingerprint density at radius 2 is 1.82 bits per heavy atom. The molecule has 7 heteroatoms. The summed E-state index contributed by atoms with van der Waals surface area (Å²) in [7, 11) is 0. The maximum atomic E-state index is 13.1. The van der Waals surface area contributed by atoms with Crippen molar-refractivity contribution in [3.8, 4) is 11.4 Å². The molecule has 3 aromatic rings.